The third-order valence-electron chi connectivity index (χ3n) is 8.09. The van der Waals surface area contributed by atoms with Crippen LogP contribution in [0.4, 0.5) is 14.0 Å². The molecule has 2 aromatic carbocycles. The van der Waals surface area contributed by atoms with E-state index in [-0.39, 0.29) is 25.0 Å². The van der Waals surface area contributed by atoms with Crippen LogP contribution in [0.25, 0.3) is 0 Å². The highest BCUT2D eigenvalue weighted by atomic mass is 19.1. The molecule has 0 aliphatic carbocycles. The van der Waals surface area contributed by atoms with Crippen LogP contribution in [-0.2, 0) is 25.5 Å². The molecule has 10 heteroatoms. The number of rotatable bonds is 13. The van der Waals surface area contributed by atoms with E-state index in [0.717, 1.165) is 5.56 Å². The lowest BCUT2D eigenvalue weighted by Crippen LogP contribution is -2.62. The molecule has 1 aliphatic heterocycles. The summed E-state index contributed by atoms with van der Waals surface area (Å²) in [7, 11) is 1.46. The summed E-state index contributed by atoms with van der Waals surface area (Å²) < 4.78 is 33.8. The topological polar surface area (TPSA) is 111 Å². The number of hydrogen-bond donors (Lipinski definition) is 1. The van der Waals surface area contributed by atoms with Crippen molar-refractivity contribution in [3.05, 3.63) is 65.7 Å². The summed E-state index contributed by atoms with van der Waals surface area (Å²) in [6.45, 7) is 8.51. The third kappa shape index (κ3) is 6.74. The minimum Gasteiger partial charge on any atom is -0.497 e. The normalized spacial score (nSPS) is 16.6. The van der Waals surface area contributed by atoms with Gasteiger partial charge in [0.25, 0.3) is 11.6 Å². The molecule has 2 atom stereocenters. The van der Waals surface area contributed by atoms with Gasteiger partial charge in [-0.25, -0.2) is 18.9 Å². The van der Waals surface area contributed by atoms with Crippen LogP contribution in [0, 0.1) is 0 Å². The number of Topliss-reactive ketones (excluding diaryl/α,β-unsaturated/α-hetero) is 1. The maximum Gasteiger partial charge on any atom is 0.417 e. The van der Waals surface area contributed by atoms with Crippen LogP contribution in [0.2, 0.25) is 0 Å². The van der Waals surface area contributed by atoms with E-state index in [1.54, 1.807) is 24.3 Å². The van der Waals surface area contributed by atoms with Crippen LogP contribution < -0.4 is 10.1 Å². The largest absolute Gasteiger partial charge is 0.497 e. The quantitative estimate of drug-likeness (QED) is 0.283. The second kappa shape index (κ2) is 13.4. The Balaban J connectivity index is 2.13. The molecule has 1 heterocycles. The lowest BCUT2D eigenvalue weighted by atomic mass is 9.82. The Labute approximate surface area is 246 Å². The zero-order chi connectivity index (χ0) is 31.1. The second-order valence-corrected chi connectivity index (χ2v) is 11.1. The molecule has 1 fully saturated rings. The summed E-state index contributed by atoms with van der Waals surface area (Å²) in [6.07, 6.45) is -0.784. The lowest BCUT2D eigenvalue weighted by Gasteiger charge is -2.38. The Kier molecular flexibility index (Phi) is 10.4. The predicted molar refractivity (Wildman–Crippen MR) is 155 cm³/mol. The first kappa shape index (κ1) is 32.6. The van der Waals surface area contributed by atoms with Gasteiger partial charge in [0.1, 0.15) is 24.0 Å². The molecule has 3 rings (SSSR count). The molecule has 1 saturated heterocycles. The van der Waals surface area contributed by atoms with Crippen molar-refractivity contribution >= 4 is 23.9 Å². The number of carbonyl (C=O) groups is 4. The number of aryl methyl sites for hydroxylation is 1. The highest BCUT2D eigenvalue weighted by Gasteiger charge is 2.60. The van der Waals surface area contributed by atoms with Crippen molar-refractivity contribution in [2.75, 3.05) is 13.7 Å². The molecular weight excluding hydrogens is 543 g/mol. The van der Waals surface area contributed by atoms with Gasteiger partial charge in [-0.2, -0.15) is 0 Å². The molecule has 2 aromatic rings. The number of benzene rings is 2. The minimum absolute atomic E-state index is 0.108. The fourth-order valence-corrected chi connectivity index (χ4v) is 5.14. The maximum absolute atomic E-state index is 17.8. The van der Waals surface area contributed by atoms with E-state index in [4.69, 9.17) is 14.2 Å². The molecule has 1 N–H and O–H groups in total. The van der Waals surface area contributed by atoms with Gasteiger partial charge in [-0.1, -0.05) is 63.2 Å². The predicted octanol–water partition coefficient (Wildman–Crippen LogP) is 6.10. The van der Waals surface area contributed by atoms with Gasteiger partial charge in [0.15, 0.2) is 5.78 Å². The monoisotopic (exact) mass is 584 g/mol. The Hall–Kier alpha value is -3.95. The van der Waals surface area contributed by atoms with Gasteiger partial charge < -0.3 is 19.5 Å². The van der Waals surface area contributed by atoms with E-state index in [1.807, 2.05) is 26.8 Å². The molecule has 0 spiro atoms. The van der Waals surface area contributed by atoms with Crippen molar-refractivity contribution < 1.29 is 37.8 Å². The molecule has 42 heavy (non-hydrogen) atoms. The number of methoxy groups -OCH3 is 1. The van der Waals surface area contributed by atoms with Crippen LogP contribution in [0.15, 0.2) is 54.6 Å². The summed E-state index contributed by atoms with van der Waals surface area (Å²) in [4.78, 5) is 54.8. The van der Waals surface area contributed by atoms with Crippen molar-refractivity contribution in [2.45, 2.75) is 89.6 Å². The molecule has 9 nitrogen and oxygen atoms in total. The summed E-state index contributed by atoms with van der Waals surface area (Å²) in [5.41, 5.74) is -4.59. The van der Waals surface area contributed by atoms with Gasteiger partial charge in [0, 0.05) is 6.42 Å². The Morgan fingerprint density at radius 1 is 1.02 bits per heavy atom. The van der Waals surface area contributed by atoms with Crippen molar-refractivity contribution in [2.24, 2.45) is 0 Å². The summed E-state index contributed by atoms with van der Waals surface area (Å²) in [5.74, 6) is -2.07. The molecule has 0 bridgehead atoms. The Morgan fingerprint density at radius 2 is 1.62 bits per heavy atom. The van der Waals surface area contributed by atoms with Gasteiger partial charge in [0.2, 0.25) is 0 Å². The number of amides is 3. The maximum atomic E-state index is 17.8. The lowest BCUT2D eigenvalue weighted by molar-refractivity contribution is -0.154. The van der Waals surface area contributed by atoms with Crippen molar-refractivity contribution in [1.82, 2.24) is 10.2 Å². The first-order chi connectivity index (χ1) is 19.9. The Morgan fingerprint density at radius 3 is 2.12 bits per heavy atom. The van der Waals surface area contributed by atoms with E-state index < -0.39 is 46.7 Å². The number of ether oxygens (including phenoxy) is 3. The number of carbonyl (C=O) groups excluding carboxylic acids is 4. The van der Waals surface area contributed by atoms with Gasteiger partial charge in [-0.3, -0.25) is 9.59 Å². The number of nitrogens with one attached hydrogen (secondary N) is 1. The molecule has 3 amide bonds. The number of alkyl carbamates (subject to hydrolysis) is 1. The highest BCUT2D eigenvalue weighted by molar-refractivity contribution is 6.14. The van der Waals surface area contributed by atoms with Crippen molar-refractivity contribution in [3.63, 3.8) is 0 Å². The van der Waals surface area contributed by atoms with Crippen LogP contribution >= 0.6 is 0 Å². The van der Waals surface area contributed by atoms with Crippen LogP contribution in [0.1, 0.15) is 77.5 Å². The van der Waals surface area contributed by atoms with Crippen LogP contribution in [-0.4, -0.2) is 59.3 Å². The first-order valence-electron chi connectivity index (χ1n) is 14.3. The fraction of sp³-hybridized carbons (Fsp3) is 0.500. The number of halogens is 1. The number of ketones is 1. The fourth-order valence-electron chi connectivity index (χ4n) is 5.14. The van der Waals surface area contributed by atoms with E-state index >= 15 is 4.39 Å². The van der Waals surface area contributed by atoms with Crippen LogP contribution in [0.5, 0.6) is 5.75 Å². The summed E-state index contributed by atoms with van der Waals surface area (Å²) >= 11 is 0. The van der Waals surface area contributed by atoms with Gasteiger partial charge in [-0.05, 0) is 62.8 Å². The van der Waals surface area contributed by atoms with Crippen molar-refractivity contribution in [1.29, 1.82) is 0 Å². The van der Waals surface area contributed by atoms with Crippen LogP contribution in [0.3, 0.4) is 0 Å². The number of alkyl halides is 1. The molecular formula is C32H41FN2O7. The Bertz CT molecular complexity index is 1250. The standard InChI is InChI=1S/C32H41FN2O7/c1-7-31(8-2,9-3)42-28(38)34-26(23-16-18-24(40-6)19-17-23)32(33,25(36)20-15-22-13-11-10-12-14-22)27(37)35-29(39)41-21-30(35,4)5/h10-14,16-19,26H,7-9,15,20-21H2,1-6H3,(H,34,38)/t26-,32+/m1/s1. The number of hydrogen-bond acceptors (Lipinski definition) is 7. The zero-order valence-corrected chi connectivity index (χ0v) is 25.2. The first-order valence-corrected chi connectivity index (χ1v) is 14.3. The third-order valence-corrected chi connectivity index (χ3v) is 8.09. The smallest absolute Gasteiger partial charge is 0.417 e. The average molecular weight is 585 g/mol. The number of imide groups is 1. The van der Waals surface area contributed by atoms with E-state index in [1.165, 1.54) is 45.2 Å². The molecule has 228 valence electrons. The molecule has 0 radical (unpaired) electrons. The van der Waals surface area contributed by atoms with E-state index in [2.05, 4.69) is 5.32 Å². The molecule has 0 unspecified atom stereocenters. The van der Waals surface area contributed by atoms with Gasteiger partial charge >= 0.3 is 12.2 Å². The van der Waals surface area contributed by atoms with E-state index in [9.17, 15) is 19.2 Å². The minimum atomic E-state index is -3.39. The summed E-state index contributed by atoms with van der Waals surface area (Å²) in [5, 5.41) is 2.50. The van der Waals surface area contributed by atoms with Gasteiger partial charge in [-0.15, -0.1) is 0 Å². The van der Waals surface area contributed by atoms with Gasteiger partial charge in [0.05, 0.1) is 12.6 Å². The molecule has 0 aromatic heterocycles. The zero-order valence-electron chi connectivity index (χ0n) is 25.2. The second-order valence-electron chi connectivity index (χ2n) is 11.1. The average Bonchev–Trinajstić information content (AvgIpc) is 3.28. The highest BCUT2D eigenvalue weighted by Crippen LogP contribution is 2.39. The number of cyclic esters (lactones) is 1. The SMILES string of the molecule is CCC(CC)(CC)OC(=O)N[C@H](c1ccc(OC)cc1)[C@@](F)(C(=O)CCc1ccccc1)C(=O)N1C(=O)OCC1(C)C. The summed E-state index contributed by atoms with van der Waals surface area (Å²) in [6, 6.07) is 13.1. The molecule has 0 saturated carbocycles. The number of nitrogens with zero attached hydrogens (tertiary/aromatic N) is 1. The molecule has 1 aliphatic rings. The van der Waals surface area contributed by atoms with Crippen molar-refractivity contribution in [3.8, 4) is 5.75 Å². The van der Waals surface area contributed by atoms with E-state index in [0.29, 0.717) is 29.9 Å².